The molecule has 2 aliphatic heterocycles. The molecule has 1 atom stereocenters. The van der Waals surface area contributed by atoms with E-state index in [0.29, 0.717) is 23.5 Å². The summed E-state index contributed by atoms with van der Waals surface area (Å²) in [6.07, 6.45) is -2.28. The van der Waals surface area contributed by atoms with Gasteiger partial charge in [-0.3, -0.25) is 9.69 Å². The number of hydrogen-bond acceptors (Lipinski definition) is 4. The molecule has 0 radical (unpaired) electrons. The van der Waals surface area contributed by atoms with Gasteiger partial charge in [0.15, 0.2) is 0 Å². The fourth-order valence-electron chi connectivity index (χ4n) is 4.40. The van der Waals surface area contributed by atoms with E-state index in [-0.39, 0.29) is 18.7 Å². The van der Waals surface area contributed by atoms with E-state index in [2.05, 4.69) is 4.90 Å². The van der Waals surface area contributed by atoms with Gasteiger partial charge in [-0.15, -0.1) is 0 Å². The number of rotatable bonds is 5. The lowest BCUT2D eigenvalue weighted by Crippen LogP contribution is -2.46. The number of amides is 1. The first kappa shape index (κ1) is 21.5. The molecule has 1 fully saturated rings. The van der Waals surface area contributed by atoms with Crippen molar-refractivity contribution in [2.45, 2.75) is 31.5 Å². The summed E-state index contributed by atoms with van der Waals surface area (Å²) in [6.45, 7) is 3.48. The fraction of sp³-hybridized carbons (Fsp3) is 0.435. The summed E-state index contributed by atoms with van der Waals surface area (Å²) in [5.41, 5.74) is 1.89. The van der Waals surface area contributed by atoms with Crippen LogP contribution in [-0.4, -0.2) is 59.8 Å². The highest BCUT2D eigenvalue weighted by molar-refractivity contribution is 5.83. The number of carbonyl (C=O) groups is 1. The van der Waals surface area contributed by atoms with Crippen LogP contribution in [0.1, 0.15) is 35.6 Å². The summed E-state index contributed by atoms with van der Waals surface area (Å²) >= 11 is 0. The zero-order valence-electron chi connectivity index (χ0n) is 17.1. The topological polar surface area (TPSA) is 53.0 Å². The Morgan fingerprint density at radius 3 is 2.45 bits per heavy atom. The standard InChI is InChI=1S/C23H25F3N2O3/c24-23(25,26)22(30)28-12-9-17-15-18(29)5-8-20(17)21(28)16-3-6-19(7-4-16)31-14-13-27-10-1-2-11-27/h3-8,15,21,29H,1-2,9-14H2/t21-/m1/s1. The number of nitrogens with zero attached hydrogens (tertiary/aromatic N) is 2. The highest BCUT2D eigenvalue weighted by Crippen LogP contribution is 2.39. The summed E-state index contributed by atoms with van der Waals surface area (Å²) in [6, 6.07) is 10.6. The molecule has 1 saturated heterocycles. The quantitative estimate of drug-likeness (QED) is 0.776. The second-order valence-electron chi connectivity index (χ2n) is 8.00. The lowest BCUT2D eigenvalue weighted by atomic mass is 9.88. The average Bonchev–Trinajstić information content (AvgIpc) is 3.26. The number of hydrogen-bond donors (Lipinski definition) is 1. The molecule has 8 heteroatoms. The van der Waals surface area contributed by atoms with Gasteiger partial charge >= 0.3 is 12.1 Å². The van der Waals surface area contributed by atoms with E-state index in [1.165, 1.54) is 18.9 Å². The minimum Gasteiger partial charge on any atom is -0.508 e. The normalized spacial score (nSPS) is 19.3. The highest BCUT2D eigenvalue weighted by atomic mass is 19.4. The van der Waals surface area contributed by atoms with Crippen molar-refractivity contribution in [2.75, 3.05) is 32.8 Å². The molecule has 2 aliphatic rings. The first-order valence-corrected chi connectivity index (χ1v) is 10.5. The predicted molar refractivity (Wildman–Crippen MR) is 109 cm³/mol. The van der Waals surface area contributed by atoms with Crippen LogP contribution in [0.2, 0.25) is 0 Å². The van der Waals surface area contributed by atoms with Gasteiger partial charge < -0.3 is 14.7 Å². The number of carbonyl (C=O) groups excluding carboxylic acids is 1. The molecule has 0 unspecified atom stereocenters. The Labute approximate surface area is 179 Å². The largest absolute Gasteiger partial charge is 0.508 e. The Hall–Kier alpha value is -2.74. The maximum Gasteiger partial charge on any atom is 0.471 e. The average molecular weight is 434 g/mol. The second-order valence-corrected chi connectivity index (χ2v) is 8.00. The van der Waals surface area contributed by atoms with Crippen LogP contribution in [0.4, 0.5) is 13.2 Å². The molecule has 1 N–H and O–H groups in total. The number of halogens is 3. The van der Waals surface area contributed by atoms with Gasteiger partial charge in [-0.05, 0) is 73.3 Å². The van der Waals surface area contributed by atoms with E-state index in [1.54, 1.807) is 36.4 Å². The first-order chi connectivity index (χ1) is 14.8. The molecular formula is C23H25F3N2O3. The van der Waals surface area contributed by atoms with Gasteiger partial charge in [0.05, 0.1) is 6.04 Å². The summed E-state index contributed by atoms with van der Waals surface area (Å²) < 4.78 is 45.5. The Balaban J connectivity index is 1.55. The van der Waals surface area contributed by atoms with Crippen molar-refractivity contribution in [3.63, 3.8) is 0 Å². The lowest BCUT2D eigenvalue weighted by molar-refractivity contribution is -0.187. The van der Waals surface area contributed by atoms with Crippen molar-refractivity contribution in [2.24, 2.45) is 0 Å². The van der Waals surface area contributed by atoms with Gasteiger partial charge in [0, 0.05) is 13.1 Å². The Morgan fingerprint density at radius 1 is 1.06 bits per heavy atom. The molecule has 0 bridgehead atoms. The minimum absolute atomic E-state index is 0.0508. The maximum atomic E-state index is 13.2. The highest BCUT2D eigenvalue weighted by Gasteiger charge is 2.46. The van der Waals surface area contributed by atoms with Crippen LogP contribution in [0.3, 0.4) is 0 Å². The number of fused-ring (bicyclic) bond motifs is 1. The van der Waals surface area contributed by atoms with Gasteiger partial charge in [0.25, 0.3) is 0 Å². The number of phenols is 1. The predicted octanol–water partition coefficient (Wildman–Crippen LogP) is 3.90. The minimum atomic E-state index is -4.95. The van der Waals surface area contributed by atoms with Crippen LogP contribution in [0.15, 0.2) is 42.5 Å². The third-order valence-electron chi connectivity index (χ3n) is 5.93. The third kappa shape index (κ3) is 4.79. The SMILES string of the molecule is O=C(N1CCc2cc(O)ccc2[C@H]1c1ccc(OCCN2CCCC2)cc1)C(F)(F)F. The number of ether oxygens (including phenoxy) is 1. The van der Waals surface area contributed by atoms with Crippen LogP contribution in [0, 0.1) is 0 Å². The smallest absolute Gasteiger partial charge is 0.471 e. The summed E-state index contributed by atoms with van der Waals surface area (Å²) in [5, 5.41) is 9.77. The molecule has 5 nitrogen and oxygen atoms in total. The molecule has 31 heavy (non-hydrogen) atoms. The van der Waals surface area contributed by atoms with Gasteiger partial charge in [-0.1, -0.05) is 18.2 Å². The molecule has 2 aromatic rings. The summed E-state index contributed by atoms with van der Waals surface area (Å²) in [4.78, 5) is 15.3. The number of phenolic OH excluding ortho intramolecular Hbond substituents is 1. The third-order valence-corrected chi connectivity index (χ3v) is 5.93. The fourth-order valence-corrected chi connectivity index (χ4v) is 4.40. The monoisotopic (exact) mass is 434 g/mol. The van der Waals surface area contributed by atoms with Gasteiger partial charge in [0.2, 0.25) is 0 Å². The molecule has 0 saturated carbocycles. The summed E-state index contributed by atoms with van der Waals surface area (Å²) in [7, 11) is 0. The molecule has 1 amide bonds. The zero-order chi connectivity index (χ0) is 22.0. The molecule has 0 spiro atoms. The van der Waals surface area contributed by atoms with E-state index in [0.717, 1.165) is 30.1 Å². The van der Waals surface area contributed by atoms with Crippen LogP contribution < -0.4 is 4.74 Å². The van der Waals surface area contributed by atoms with Gasteiger partial charge in [-0.2, -0.15) is 13.2 Å². The van der Waals surface area contributed by atoms with Crippen molar-refractivity contribution in [3.8, 4) is 11.5 Å². The van der Waals surface area contributed by atoms with Crippen molar-refractivity contribution in [1.82, 2.24) is 9.80 Å². The summed E-state index contributed by atoms with van der Waals surface area (Å²) in [5.74, 6) is -1.17. The Kier molecular flexibility index (Phi) is 6.09. The van der Waals surface area contributed by atoms with E-state index in [4.69, 9.17) is 4.74 Å². The maximum absolute atomic E-state index is 13.2. The van der Waals surface area contributed by atoms with Crippen molar-refractivity contribution in [3.05, 3.63) is 59.2 Å². The number of aromatic hydroxyl groups is 1. The zero-order valence-corrected chi connectivity index (χ0v) is 17.1. The molecule has 2 heterocycles. The second kappa shape index (κ2) is 8.78. The Bertz CT molecular complexity index is 925. The molecule has 166 valence electrons. The lowest BCUT2D eigenvalue weighted by Gasteiger charge is -2.38. The molecule has 4 rings (SSSR count). The van der Waals surface area contributed by atoms with E-state index < -0.39 is 18.1 Å². The van der Waals surface area contributed by atoms with Crippen molar-refractivity contribution >= 4 is 5.91 Å². The molecule has 2 aromatic carbocycles. The van der Waals surface area contributed by atoms with Gasteiger partial charge in [0.1, 0.15) is 18.1 Å². The first-order valence-electron chi connectivity index (χ1n) is 10.5. The number of alkyl halides is 3. The van der Waals surface area contributed by atoms with E-state index in [9.17, 15) is 23.1 Å². The number of likely N-dealkylation sites (tertiary alicyclic amines) is 1. The van der Waals surface area contributed by atoms with Crippen LogP contribution in [0.5, 0.6) is 11.5 Å². The number of benzene rings is 2. The van der Waals surface area contributed by atoms with E-state index >= 15 is 0 Å². The molecule has 0 aromatic heterocycles. The van der Waals surface area contributed by atoms with Crippen molar-refractivity contribution < 1.29 is 27.8 Å². The molecule has 0 aliphatic carbocycles. The Morgan fingerprint density at radius 2 is 1.77 bits per heavy atom. The van der Waals surface area contributed by atoms with Crippen LogP contribution >= 0.6 is 0 Å². The van der Waals surface area contributed by atoms with Crippen LogP contribution in [0.25, 0.3) is 0 Å². The van der Waals surface area contributed by atoms with Crippen LogP contribution in [-0.2, 0) is 11.2 Å². The van der Waals surface area contributed by atoms with Crippen molar-refractivity contribution in [1.29, 1.82) is 0 Å². The van der Waals surface area contributed by atoms with Gasteiger partial charge in [-0.25, -0.2) is 0 Å². The molecular weight excluding hydrogens is 409 g/mol. The van der Waals surface area contributed by atoms with E-state index in [1.807, 2.05) is 0 Å².